The first-order valence-corrected chi connectivity index (χ1v) is 8.87. The van der Waals surface area contributed by atoms with Gasteiger partial charge in [0.15, 0.2) is 0 Å². The molecular weight excluding hydrogens is 336 g/mol. The number of benzene rings is 2. The van der Waals surface area contributed by atoms with Gasteiger partial charge in [-0.1, -0.05) is 36.4 Å². The third kappa shape index (κ3) is 3.13. The van der Waals surface area contributed by atoms with Gasteiger partial charge in [-0.2, -0.15) is 0 Å². The summed E-state index contributed by atoms with van der Waals surface area (Å²) < 4.78 is 1.16. The van der Waals surface area contributed by atoms with E-state index in [-0.39, 0.29) is 18.9 Å². The zero-order valence-electron chi connectivity index (χ0n) is 13.4. The van der Waals surface area contributed by atoms with E-state index in [1.54, 1.807) is 16.2 Å². The van der Waals surface area contributed by atoms with Crippen LogP contribution in [0.4, 0.5) is 0 Å². The molecule has 4 rings (SSSR count). The van der Waals surface area contributed by atoms with Crippen molar-refractivity contribution in [3.8, 4) is 10.6 Å². The molecule has 1 fully saturated rings. The van der Waals surface area contributed by atoms with Gasteiger partial charge in [0.25, 0.3) is 0 Å². The number of aromatic nitrogens is 1. The van der Waals surface area contributed by atoms with Gasteiger partial charge in [-0.25, -0.2) is 4.98 Å². The molecule has 126 valence electrons. The highest BCUT2D eigenvalue weighted by Crippen LogP contribution is 2.30. The van der Waals surface area contributed by atoms with Gasteiger partial charge in [-0.15, -0.1) is 11.3 Å². The number of hydrogen-bond acceptors (Lipinski definition) is 4. The van der Waals surface area contributed by atoms with E-state index in [2.05, 4.69) is 11.1 Å². The second-order valence-corrected chi connectivity index (χ2v) is 7.23. The van der Waals surface area contributed by atoms with Gasteiger partial charge in [-0.3, -0.25) is 9.59 Å². The average molecular weight is 352 g/mol. The lowest BCUT2D eigenvalue weighted by Crippen LogP contribution is -2.25. The van der Waals surface area contributed by atoms with Gasteiger partial charge in [0.2, 0.25) is 5.91 Å². The highest BCUT2D eigenvalue weighted by Gasteiger charge is 2.33. The van der Waals surface area contributed by atoms with Crippen molar-refractivity contribution in [3.63, 3.8) is 0 Å². The van der Waals surface area contributed by atoms with Crippen molar-refractivity contribution in [2.24, 2.45) is 5.92 Å². The molecule has 2 aromatic carbocycles. The summed E-state index contributed by atoms with van der Waals surface area (Å²) in [6.07, 6.45) is 0.0964. The van der Waals surface area contributed by atoms with Crippen LogP contribution in [0.3, 0.4) is 0 Å². The Morgan fingerprint density at radius 2 is 1.96 bits per heavy atom. The van der Waals surface area contributed by atoms with Gasteiger partial charge in [0.1, 0.15) is 5.01 Å². The summed E-state index contributed by atoms with van der Waals surface area (Å²) in [5.41, 5.74) is 3.03. The van der Waals surface area contributed by atoms with Crippen molar-refractivity contribution < 1.29 is 14.7 Å². The van der Waals surface area contributed by atoms with E-state index >= 15 is 0 Å². The number of thiazole rings is 1. The molecular formula is C19H16N2O3S. The van der Waals surface area contributed by atoms with Crippen LogP contribution in [-0.4, -0.2) is 33.4 Å². The zero-order chi connectivity index (χ0) is 17.4. The second kappa shape index (κ2) is 6.29. The maximum Gasteiger partial charge on any atom is 0.308 e. The van der Waals surface area contributed by atoms with E-state index in [0.717, 1.165) is 26.4 Å². The number of fused-ring (bicyclic) bond motifs is 1. The van der Waals surface area contributed by atoms with E-state index in [1.807, 2.05) is 42.5 Å². The molecule has 25 heavy (non-hydrogen) atoms. The minimum absolute atomic E-state index is 0.0948. The van der Waals surface area contributed by atoms with Gasteiger partial charge >= 0.3 is 5.97 Å². The van der Waals surface area contributed by atoms with Crippen molar-refractivity contribution in [1.82, 2.24) is 9.88 Å². The largest absolute Gasteiger partial charge is 0.481 e. The highest BCUT2D eigenvalue weighted by atomic mass is 32.1. The van der Waals surface area contributed by atoms with E-state index < -0.39 is 11.9 Å². The van der Waals surface area contributed by atoms with Gasteiger partial charge in [-0.05, 0) is 17.7 Å². The minimum Gasteiger partial charge on any atom is -0.481 e. The fourth-order valence-electron chi connectivity index (χ4n) is 3.06. The van der Waals surface area contributed by atoms with Crippen LogP contribution in [0.1, 0.15) is 12.0 Å². The van der Waals surface area contributed by atoms with Crippen molar-refractivity contribution in [2.75, 3.05) is 6.54 Å². The summed E-state index contributed by atoms with van der Waals surface area (Å²) in [7, 11) is 0. The highest BCUT2D eigenvalue weighted by molar-refractivity contribution is 7.21. The molecule has 1 atom stereocenters. The Balaban J connectivity index is 1.50. The van der Waals surface area contributed by atoms with Gasteiger partial charge in [0, 0.05) is 25.1 Å². The van der Waals surface area contributed by atoms with Crippen LogP contribution in [0, 0.1) is 5.92 Å². The molecule has 0 spiro atoms. The maximum atomic E-state index is 11.9. The summed E-state index contributed by atoms with van der Waals surface area (Å²) in [6, 6.07) is 16.0. The number of nitrogens with zero attached hydrogens (tertiary/aromatic N) is 2. The Labute approximate surface area is 148 Å². The molecule has 1 amide bonds. The van der Waals surface area contributed by atoms with Crippen LogP contribution in [0.5, 0.6) is 0 Å². The third-order valence-corrected chi connectivity index (χ3v) is 5.52. The van der Waals surface area contributed by atoms with E-state index in [1.165, 1.54) is 0 Å². The number of carboxylic acid groups (broad SMARTS) is 1. The smallest absolute Gasteiger partial charge is 0.308 e. The molecule has 0 saturated carbocycles. The first-order chi connectivity index (χ1) is 12.1. The number of rotatable bonds is 4. The number of carbonyl (C=O) groups excluding carboxylic acids is 1. The molecule has 1 aromatic heterocycles. The number of carbonyl (C=O) groups is 2. The maximum absolute atomic E-state index is 11.9. The summed E-state index contributed by atoms with van der Waals surface area (Å²) in [5, 5.41) is 10.0. The normalized spacial score (nSPS) is 17.4. The minimum atomic E-state index is -0.901. The number of carboxylic acids is 1. The van der Waals surface area contributed by atoms with Crippen LogP contribution in [-0.2, 0) is 16.1 Å². The Bertz CT molecular complexity index is 916. The molecule has 0 bridgehead atoms. The van der Waals surface area contributed by atoms with Crippen LogP contribution < -0.4 is 0 Å². The lowest BCUT2D eigenvalue weighted by Gasteiger charge is -2.16. The first kappa shape index (κ1) is 15.8. The van der Waals surface area contributed by atoms with Crippen molar-refractivity contribution in [3.05, 3.63) is 54.1 Å². The van der Waals surface area contributed by atoms with E-state index in [4.69, 9.17) is 5.11 Å². The molecule has 1 N–H and O–H groups in total. The molecule has 0 unspecified atom stereocenters. The van der Waals surface area contributed by atoms with Crippen molar-refractivity contribution in [2.45, 2.75) is 13.0 Å². The lowest BCUT2D eigenvalue weighted by atomic mass is 10.1. The Hall–Kier alpha value is -2.73. The standard InChI is InChI=1S/C19H16N2O3S/c22-17-9-14(19(23)24)11-21(17)10-12-5-7-13(8-6-12)18-20-15-3-1-2-4-16(15)25-18/h1-8,14H,9-11H2,(H,23,24)/t14-/m1/s1. The van der Waals surface area contributed by atoms with Crippen molar-refractivity contribution >= 4 is 33.4 Å². The number of amides is 1. The summed E-state index contributed by atoms with van der Waals surface area (Å²) in [4.78, 5) is 29.2. The molecule has 3 aromatic rings. The number of aliphatic carboxylic acids is 1. The molecule has 6 heteroatoms. The Morgan fingerprint density at radius 3 is 2.64 bits per heavy atom. The quantitative estimate of drug-likeness (QED) is 0.781. The third-order valence-electron chi connectivity index (χ3n) is 4.43. The van der Waals surface area contributed by atoms with Gasteiger partial charge < -0.3 is 10.0 Å². The topological polar surface area (TPSA) is 70.5 Å². The fourth-order valence-corrected chi connectivity index (χ4v) is 4.03. The molecule has 0 aliphatic carbocycles. The monoisotopic (exact) mass is 352 g/mol. The zero-order valence-corrected chi connectivity index (χ0v) is 14.2. The summed E-state index contributed by atoms with van der Waals surface area (Å²) >= 11 is 1.65. The summed E-state index contributed by atoms with van der Waals surface area (Å²) in [6.45, 7) is 0.733. The SMILES string of the molecule is O=C(O)[C@@H]1CC(=O)N(Cc2ccc(-c3nc4ccccc4s3)cc2)C1. The molecule has 0 radical (unpaired) electrons. The fraction of sp³-hybridized carbons (Fsp3) is 0.211. The van der Waals surface area contributed by atoms with E-state index in [9.17, 15) is 9.59 Å². The summed E-state index contributed by atoms with van der Waals surface area (Å²) in [5.74, 6) is -1.58. The van der Waals surface area contributed by atoms with Crippen LogP contribution in [0.2, 0.25) is 0 Å². The molecule has 2 heterocycles. The predicted octanol–water partition coefficient (Wildman–Crippen LogP) is 3.40. The molecule has 5 nitrogen and oxygen atoms in total. The first-order valence-electron chi connectivity index (χ1n) is 8.05. The number of likely N-dealkylation sites (tertiary alicyclic amines) is 1. The molecule has 1 aliphatic rings. The molecule has 1 saturated heterocycles. The van der Waals surface area contributed by atoms with Gasteiger partial charge in [0.05, 0.1) is 16.1 Å². The average Bonchev–Trinajstić information content (AvgIpc) is 3.20. The van der Waals surface area contributed by atoms with Crippen LogP contribution >= 0.6 is 11.3 Å². The number of hydrogen-bond donors (Lipinski definition) is 1. The predicted molar refractivity (Wildman–Crippen MR) is 96.2 cm³/mol. The van der Waals surface area contributed by atoms with E-state index in [0.29, 0.717) is 6.54 Å². The van der Waals surface area contributed by atoms with Crippen LogP contribution in [0.25, 0.3) is 20.8 Å². The lowest BCUT2D eigenvalue weighted by molar-refractivity contribution is -0.141. The van der Waals surface area contributed by atoms with Crippen molar-refractivity contribution in [1.29, 1.82) is 0 Å². The second-order valence-electron chi connectivity index (χ2n) is 6.20. The molecule has 1 aliphatic heterocycles. The Kier molecular flexibility index (Phi) is 3.97. The number of para-hydroxylation sites is 1. The Morgan fingerprint density at radius 1 is 1.20 bits per heavy atom. The van der Waals surface area contributed by atoms with Crippen LogP contribution in [0.15, 0.2) is 48.5 Å².